The van der Waals surface area contributed by atoms with E-state index in [-0.39, 0.29) is 32.2 Å². The minimum atomic E-state index is -0.127. The zero-order valence-electron chi connectivity index (χ0n) is 33.2. The van der Waals surface area contributed by atoms with Crippen LogP contribution in [0.5, 0.6) is 0 Å². The minimum absolute atomic E-state index is 0. The van der Waals surface area contributed by atoms with Gasteiger partial charge in [0, 0.05) is 5.69 Å². The number of hydrogen-bond donors (Lipinski definition) is 0. The average molecular weight is 799 g/mol. The molecule has 0 aliphatic rings. The SMILES string of the molecule is Cc1cccc(C)c1[N-]c1cccc2ccc(C(Cc3ccccc3)[N-]c3c(C(C)C)cccc3C(C)C)nc12.[CH2-]c1ccccc1.[CH2-]c1ccccc1.[Zr+4]. The number of pyridine rings is 1. The number of hydrogen-bond acceptors (Lipinski definition) is 1. The number of aromatic nitrogens is 1. The maximum absolute atomic E-state index is 5.52. The normalized spacial score (nSPS) is 11.1. The summed E-state index contributed by atoms with van der Waals surface area (Å²) in [6, 6.07) is 53.8. The third-order valence-electron chi connectivity index (χ3n) is 9.32. The molecule has 1 heterocycles. The number of fused-ring (bicyclic) bond motifs is 1. The molecule has 0 spiro atoms. The van der Waals surface area contributed by atoms with Crippen LogP contribution in [0.15, 0.2) is 158 Å². The van der Waals surface area contributed by atoms with E-state index in [2.05, 4.69) is 152 Å². The van der Waals surface area contributed by atoms with E-state index in [4.69, 9.17) is 15.6 Å². The molecular weight excluding hydrogens is 746 g/mol. The van der Waals surface area contributed by atoms with Gasteiger partial charge in [0.05, 0.1) is 5.52 Å². The third-order valence-corrected chi connectivity index (χ3v) is 9.32. The molecule has 1 atom stereocenters. The van der Waals surface area contributed by atoms with E-state index in [1.165, 1.54) is 16.7 Å². The fourth-order valence-corrected chi connectivity index (χ4v) is 6.35. The van der Waals surface area contributed by atoms with Crippen molar-refractivity contribution in [1.82, 2.24) is 4.98 Å². The van der Waals surface area contributed by atoms with Crippen LogP contribution in [0.3, 0.4) is 0 Å². The van der Waals surface area contributed by atoms with Crippen LogP contribution in [0, 0.1) is 27.7 Å². The van der Waals surface area contributed by atoms with Gasteiger partial charge in [0.1, 0.15) is 0 Å². The number of benzene rings is 6. The fraction of sp³-hybridized carbons (Fsp3) is 0.196. The molecule has 0 aliphatic heterocycles. The Labute approximate surface area is 349 Å². The summed E-state index contributed by atoms with van der Waals surface area (Å²) < 4.78 is 0. The molecule has 6 aromatic carbocycles. The van der Waals surface area contributed by atoms with Gasteiger partial charge in [-0.2, -0.15) is 49.2 Å². The summed E-state index contributed by atoms with van der Waals surface area (Å²) >= 11 is 0. The molecule has 0 fully saturated rings. The van der Waals surface area contributed by atoms with Gasteiger partial charge in [-0.25, -0.2) is 0 Å². The second-order valence-corrected chi connectivity index (χ2v) is 14.3. The molecule has 0 amide bonds. The Morgan fingerprint density at radius 1 is 0.527 bits per heavy atom. The van der Waals surface area contributed by atoms with Gasteiger partial charge in [0.2, 0.25) is 0 Å². The van der Waals surface area contributed by atoms with Crippen molar-refractivity contribution in [2.75, 3.05) is 0 Å². The minimum Gasteiger partial charge on any atom is -0.676 e. The van der Waals surface area contributed by atoms with Crippen molar-refractivity contribution in [1.29, 1.82) is 0 Å². The first kappa shape index (κ1) is 42.7. The predicted octanol–water partition coefficient (Wildman–Crippen LogP) is 15.2. The van der Waals surface area contributed by atoms with Gasteiger partial charge in [0.25, 0.3) is 0 Å². The first-order valence-corrected chi connectivity index (χ1v) is 18.9. The molecule has 55 heavy (non-hydrogen) atoms. The van der Waals surface area contributed by atoms with Crippen LogP contribution in [0.4, 0.5) is 17.1 Å². The van der Waals surface area contributed by atoms with Crippen molar-refractivity contribution in [3.05, 3.63) is 227 Å². The van der Waals surface area contributed by atoms with Crippen LogP contribution in [-0.2, 0) is 32.6 Å². The van der Waals surface area contributed by atoms with Gasteiger partial charge < -0.3 is 10.6 Å². The maximum Gasteiger partial charge on any atom is 4.00 e. The van der Waals surface area contributed by atoms with E-state index in [0.717, 1.165) is 62.3 Å². The van der Waals surface area contributed by atoms with Gasteiger partial charge in [-0.3, -0.25) is 4.98 Å². The van der Waals surface area contributed by atoms with Crippen LogP contribution < -0.4 is 0 Å². The fourth-order valence-electron chi connectivity index (χ4n) is 6.35. The monoisotopic (exact) mass is 797 g/mol. The Hall–Kier alpha value is -5.05. The molecule has 0 aliphatic carbocycles. The van der Waals surface area contributed by atoms with E-state index in [0.29, 0.717) is 11.8 Å². The van der Waals surface area contributed by atoms with Gasteiger partial charge >= 0.3 is 26.2 Å². The van der Waals surface area contributed by atoms with Crippen molar-refractivity contribution < 1.29 is 26.2 Å². The summed E-state index contributed by atoms with van der Waals surface area (Å²) in [6.45, 7) is 20.7. The molecule has 7 aromatic rings. The van der Waals surface area contributed by atoms with Gasteiger partial charge in [-0.05, 0) is 49.1 Å². The molecule has 0 N–H and O–H groups in total. The average Bonchev–Trinajstić information content (AvgIpc) is 3.17. The van der Waals surface area contributed by atoms with Gasteiger partial charge in [0.15, 0.2) is 0 Å². The Balaban J connectivity index is 0.000000374. The van der Waals surface area contributed by atoms with E-state index in [9.17, 15) is 0 Å². The van der Waals surface area contributed by atoms with E-state index in [1.807, 2.05) is 60.7 Å². The molecule has 0 bridgehead atoms. The van der Waals surface area contributed by atoms with Crippen molar-refractivity contribution in [2.45, 2.75) is 65.8 Å². The molecule has 1 unspecified atom stereocenters. The van der Waals surface area contributed by atoms with Gasteiger partial charge in [-0.15, -0.1) is 41.3 Å². The summed E-state index contributed by atoms with van der Waals surface area (Å²) in [4.78, 5) is 5.28. The smallest absolute Gasteiger partial charge is 0.676 e. The van der Waals surface area contributed by atoms with Crippen LogP contribution in [0.25, 0.3) is 21.5 Å². The Bertz CT molecular complexity index is 2110. The van der Waals surface area contributed by atoms with E-state index in [1.54, 1.807) is 0 Å². The number of nitrogens with zero attached hydrogens (tertiary/aromatic N) is 3. The standard InChI is InChI=1S/C37H39N3.2C7H7.Zr/c1-24(2)30-18-12-19-31(25(3)4)37(30)40-34(23-28-15-8-7-9-16-28)32-22-21-29-17-11-20-33(36(29)38-32)39-35-26(5)13-10-14-27(35)6;2*1-7-5-3-2-4-6-7;/h7-22,24-25,34H,23H2,1-6H3;2*2-6H,1H2;/q-2;2*-1;+4. The summed E-state index contributed by atoms with van der Waals surface area (Å²) in [6.07, 6.45) is 0.777. The largest absolute Gasteiger partial charge is 4.00 e. The zero-order chi connectivity index (χ0) is 38.5. The molecule has 1 aromatic heterocycles. The van der Waals surface area contributed by atoms with Crippen molar-refractivity contribution in [3.8, 4) is 0 Å². The van der Waals surface area contributed by atoms with Crippen LogP contribution in [0.1, 0.15) is 90.2 Å². The predicted molar refractivity (Wildman–Crippen MR) is 233 cm³/mol. The Morgan fingerprint density at radius 3 is 1.51 bits per heavy atom. The number of para-hydroxylation sites is 3. The second-order valence-electron chi connectivity index (χ2n) is 14.3. The molecule has 0 saturated heterocycles. The summed E-state index contributed by atoms with van der Waals surface area (Å²) in [7, 11) is 0. The van der Waals surface area contributed by atoms with Gasteiger partial charge in [-0.1, -0.05) is 159 Å². The second kappa shape index (κ2) is 21.2. The quantitative estimate of drug-likeness (QED) is 0.134. The maximum atomic E-state index is 5.52. The van der Waals surface area contributed by atoms with Crippen molar-refractivity contribution in [3.63, 3.8) is 0 Å². The van der Waals surface area contributed by atoms with Crippen LogP contribution in [0.2, 0.25) is 0 Å². The van der Waals surface area contributed by atoms with Crippen molar-refractivity contribution in [2.24, 2.45) is 0 Å². The Morgan fingerprint density at radius 2 is 1.02 bits per heavy atom. The third kappa shape index (κ3) is 12.2. The van der Waals surface area contributed by atoms with Crippen molar-refractivity contribution >= 4 is 28.0 Å². The summed E-state index contributed by atoms with van der Waals surface area (Å²) in [5, 5.41) is 11.7. The molecule has 0 saturated carbocycles. The molecular formula is C51H53N3Zr. The summed E-state index contributed by atoms with van der Waals surface area (Å²) in [5.74, 6) is 0.754. The van der Waals surface area contributed by atoms with Crippen LogP contribution in [-0.4, -0.2) is 4.98 Å². The molecule has 3 nitrogen and oxygen atoms in total. The topological polar surface area (TPSA) is 41.1 Å². The Kier molecular flexibility index (Phi) is 16.4. The van der Waals surface area contributed by atoms with Crippen LogP contribution >= 0.6 is 0 Å². The summed E-state index contributed by atoms with van der Waals surface area (Å²) in [5.41, 5.74) is 13.2. The molecule has 4 heteroatoms. The first-order valence-electron chi connectivity index (χ1n) is 18.9. The number of rotatable bonds is 9. The molecule has 276 valence electrons. The zero-order valence-corrected chi connectivity index (χ0v) is 35.7. The number of aryl methyl sites for hydroxylation is 2. The molecule has 0 radical (unpaired) electrons. The van der Waals surface area contributed by atoms with E-state index >= 15 is 0 Å². The van der Waals surface area contributed by atoms with E-state index < -0.39 is 0 Å². The molecule has 7 rings (SSSR count). The first-order chi connectivity index (χ1) is 26.1.